The summed E-state index contributed by atoms with van der Waals surface area (Å²) in [6, 6.07) is 11.3. The average Bonchev–Trinajstić information content (AvgIpc) is 2.89. The number of anilines is 3. The van der Waals surface area contributed by atoms with Crippen LogP contribution in [0.2, 0.25) is 0 Å². The first-order chi connectivity index (χ1) is 17.7. The number of ether oxygens (including phenoxy) is 1. The van der Waals surface area contributed by atoms with Crippen LogP contribution in [-0.2, 0) is 11.8 Å². The van der Waals surface area contributed by atoms with Crippen LogP contribution in [0.1, 0.15) is 16.7 Å². The van der Waals surface area contributed by atoms with E-state index in [1.807, 2.05) is 25.2 Å². The molecule has 0 fully saturated rings. The minimum Gasteiger partial charge on any atom is -0.482 e. The number of carbonyl (C=O) groups is 1. The topological polar surface area (TPSA) is 137 Å². The van der Waals surface area contributed by atoms with Crippen molar-refractivity contribution in [3.8, 4) is 11.8 Å². The first-order valence-electron chi connectivity index (χ1n) is 11.6. The summed E-state index contributed by atoms with van der Waals surface area (Å²) in [5.41, 5.74) is 11.0. The van der Waals surface area contributed by atoms with Crippen molar-refractivity contribution >= 4 is 45.7 Å². The summed E-state index contributed by atoms with van der Waals surface area (Å²) < 4.78 is 7.07. The molecule has 1 aromatic heterocycles. The van der Waals surface area contributed by atoms with E-state index in [2.05, 4.69) is 20.9 Å². The van der Waals surface area contributed by atoms with Crippen molar-refractivity contribution < 1.29 is 14.6 Å². The van der Waals surface area contributed by atoms with Crippen LogP contribution >= 0.6 is 0 Å². The normalized spacial score (nSPS) is 13.6. The zero-order valence-corrected chi connectivity index (χ0v) is 21.1. The lowest BCUT2D eigenvalue weighted by atomic mass is 9.97. The number of hydrogen-bond donors (Lipinski definition) is 2. The van der Waals surface area contributed by atoms with Crippen molar-refractivity contribution in [2.45, 2.75) is 6.92 Å². The van der Waals surface area contributed by atoms with Crippen LogP contribution in [-0.4, -0.2) is 55.6 Å². The summed E-state index contributed by atoms with van der Waals surface area (Å²) in [4.78, 5) is 32.1. The van der Waals surface area contributed by atoms with E-state index in [0.717, 1.165) is 22.4 Å². The van der Waals surface area contributed by atoms with Crippen molar-refractivity contribution in [2.24, 2.45) is 17.8 Å². The second-order valence-electron chi connectivity index (χ2n) is 8.83. The lowest BCUT2D eigenvalue weighted by Crippen LogP contribution is -2.37. The van der Waals surface area contributed by atoms with Gasteiger partial charge in [-0.25, -0.2) is 4.79 Å². The van der Waals surface area contributed by atoms with Crippen LogP contribution in [0.25, 0.3) is 16.5 Å². The molecule has 0 spiro atoms. The number of aryl methyl sites for hydroxylation is 2. The van der Waals surface area contributed by atoms with Gasteiger partial charge in [0.05, 0.1) is 34.2 Å². The highest BCUT2D eigenvalue weighted by molar-refractivity contribution is 6.11. The molecule has 1 aliphatic heterocycles. The molecule has 0 saturated heterocycles. The van der Waals surface area contributed by atoms with Gasteiger partial charge in [-0.2, -0.15) is 5.26 Å². The molecule has 190 valence electrons. The molecule has 2 heterocycles. The third kappa shape index (κ3) is 4.59. The molecule has 0 bridgehead atoms. The number of likely N-dealkylation sites (N-methyl/N-ethyl adjacent to an activating group) is 1. The summed E-state index contributed by atoms with van der Waals surface area (Å²) in [5.74, 6) is -0.774. The van der Waals surface area contributed by atoms with Gasteiger partial charge in [-0.15, -0.1) is 0 Å². The Morgan fingerprint density at radius 2 is 1.95 bits per heavy atom. The first kappa shape index (κ1) is 25.3. The van der Waals surface area contributed by atoms with E-state index >= 15 is 0 Å². The molecule has 0 unspecified atom stereocenters. The molecule has 0 saturated carbocycles. The number of hydrogen-bond acceptors (Lipinski definition) is 8. The summed E-state index contributed by atoms with van der Waals surface area (Å²) in [6.07, 6.45) is 3.04. The van der Waals surface area contributed by atoms with Crippen molar-refractivity contribution in [2.75, 3.05) is 43.6 Å². The molecule has 3 N–H and O–H groups in total. The van der Waals surface area contributed by atoms with Crippen molar-refractivity contribution in [1.82, 2.24) is 4.57 Å². The minimum atomic E-state index is -1.10. The Bertz CT molecular complexity index is 1560. The molecule has 0 atom stereocenters. The maximum Gasteiger partial charge on any atom is 0.341 e. The number of rotatable bonds is 6. The quantitative estimate of drug-likeness (QED) is 0.493. The number of allylic oxidation sites excluding steroid dienone is 1. The molecule has 10 heteroatoms. The number of nitrogens with two attached hydrogens (primary N) is 1. The van der Waals surface area contributed by atoms with Crippen LogP contribution in [0.4, 0.5) is 17.1 Å². The Balaban J connectivity index is 2.00. The monoisotopic (exact) mass is 500 g/mol. The molecule has 0 aliphatic carbocycles. The molecule has 3 aromatic rings. The lowest BCUT2D eigenvalue weighted by molar-refractivity contribution is -0.139. The summed E-state index contributed by atoms with van der Waals surface area (Å²) in [5, 5.41) is 19.9. The van der Waals surface area contributed by atoms with Crippen LogP contribution < -0.4 is 25.8 Å². The fourth-order valence-corrected chi connectivity index (χ4v) is 4.64. The Kier molecular flexibility index (Phi) is 6.89. The maximum atomic E-state index is 12.7. The molecular formula is C27H28N6O4. The number of carboxylic acids is 1. The zero-order valence-electron chi connectivity index (χ0n) is 21.1. The van der Waals surface area contributed by atoms with E-state index < -0.39 is 12.6 Å². The molecule has 2 aromatic carbocycles. The van der Waals surface area contributed by atoms with Gasteiger partial charge in [0, 0.05) is 80.9 Å². The van der Waals surface area contributed by atoms with Gasteiger partial charge in [0.15, 0.2) is 6.61 Å². The van der Waals surface area contributed by atoms with Gasteiger partial charge >= 0.3 is 5.97 Å². The Hall–Kier alpha value is -4.78. The van der Waals surface area contributed by atoms with E-state index in [9.17, 15) is 14.9 Å². The fourth-order valence-electron chi connectivity index (χ4n) is 4.64. The van der Waals surface area contributed by atoms with Gasteiger partial charge in [-0.3, -0.25) is 9.79 Å². The molecule has 1 aliphatic rings. The second-order valence-corrected chi connectivity index (χ2v) is 8.83. The molecular weight excluding hydrogens is 472 g/mol. The van der Waals surface area contributed by atoms with Crippen LogP contribution in [0.15, 0.2) is 46.3 Å². The van der Waals surface area contributed by atoms with Gasteiger partial charge in [-0.1, -0.05) is 0 Å². The van der Waals surface area contributed by atoms with Gasteiger partial charge in [0.2, 0.25) is 0 Å². The van der Waals surface area contributed by atoms with Crippen LogP contribution in [0.5, 0.6) is 5.75 Å². The summed E-state index contributed by atoms with van der Waals surface area (Å²) in [7, 11) is 5.29. The summed E-state index contributed by atoms with van der Waals surface area (Å²) in [6.45, 7) is 2.50. The number of carboxylic acid groups (broad SMARTS) is 1. The highest BCUT2D eigenvalue weighted by atomic mass is 16.5. The largest absolute Gasteiger partial charge is 0.482 e. The third-order valence-electron chi connectivity index (χ3n) is 6.48. The van der Waals surface area contributed by atoms with E-state index in [4.69, 9.17) is 15.6 Å². The number of aromatic nitrogens is 1. The van der Waals surface area contributed by atoms with E-state index in [0.29, 0.717) is 46.6 Å². The van der Waals surface area contributed by atoms with Gasteiger partial charge in [0.25, 0.3) is 5.56 Å². The number of pyridine rings is 1. The lowest BCUT2D eigenvalue weighted by Gasteiger charge is -2.38. The maximum absolute atomic E-state index is 12.7. The van der Waals surface area contributed by atoms with Crippen molar-refractivity contribution in [3.05, 3.63) is 63.6 Å². The Morgan fingerprint density at radius 3 is 2.59 bits per heavy atom. The second kappa shape index (κ2) is 10.1. The summed E-state index contributed by atoms with van der Waals surface area (Å²) >= 11 is 0. The standard InChI is InChI=1S/C27H28N6O4/c1-16-7-21-22(32(4)27(16)36)9-19(37-15-26(34)35)10-23(21)33-6-5-31(3)24-11-20(18(13-29)14-30-2)17(12-28)8-25(24)33/h7-11,13-14H,5-6,15,29H2,1-4H3,(H,34,35)/b18-13+,30-14?. The van der Waals surface area contributed by atoms with E-state index in [1.165, 1.54) is 10.8 Å². The molecule has 0 amide bonds. The highest BCUT2D eigenvalue weighted by Crippen LogP contribution is 2.43. The smallest absolute Gasteiger partial charge is 0.341 e. The van der Waals surface area contributed by atoms with E-state index in [1.54, 1.807) is 39.4 Å². The van der Waals surface area contributed by atoms with Crippen molar-refractivity contribution in [1.29, 1.82) is 5.26 Å². The van der Waals surface area contributed by atoms with Gasteiger partial charge in [0.1, 0.15) is 5.75 Å². The number of aliphatic carboxylic acids is 1. The first-order valence-corrected chi connectivity index (χ1v) is 11.6. The average molecular weight is 501 g/mol. The van der Waals surface area contributed by atoms with Gasteiger partial charge in [-0.05, 0) is 25.1 Å². The SMILES string of the molecule is CN=C/C(=C\N)c1cc2c(cc1C#N)N(c1cc(OCC(=O)O)cc3c1cc(C)c(=O)n3C)CCN2C. The van der Waals surface area contributed by atoms with Crippen LogP contribution in [0, 0.1) is 18.3 Å². The van der Waals surface area contributed by atoms with Crippen molar-refractivity contribution in [3.63, 3.8) is 0 Å². The number of fused-ring (bicyclic) bond motifs is 2. The Morgan fingerprint density at radius 1 is 1.19 bits per heavy atom. The number of nitriles is 1. The predicted octanol–water partition coefficient (Wildman–Crippen LogP) is 2.77. The number of nitrogens with zero attached hydrogens (tertiary/aromatic N) is 5. The third-order valence-corrected chi connectivity index (χ3v) is 6.48. The molecule has 4 rings (SSSR count). The van der Waals surface area contributed by atoms with E-state index in [-0.39, 0.29) is 5.56 Å². The highest BCUT2D eigenvalue weighted by Gasteiger charge is 2.27. The number of benzene rings is 2. The predicted molar refractivity (Wildman–Crippen MR) is 145 cm³/mol. The minimum absolute atomic E-state index is 0.150. The van der Waals surface area contributed by atoms with Gasteiger partial charge < -0.3 is 29.9 Å². The molecule has 37 heavy (non-hydrogen) atoms. The Labute approximate surface area is 214 Å². The molecule has 10 nitrogen and oxygen atoms in total. The zero-order chi connectivity index (χ0) is 26.9. The fraction of sp³-hybridized carbons (Fsp3) is 0.259. The molecule has 0 radical (unpaired) electrons. The van der Waals surface area contributed by atoms with Crippen LogP contribution in [0.3, 0.4) is 0 Å². The number of aliphatic imine (C=N–C) groups is 1.